The van der Waals surface area contributed by atoms with Crippen LogP contribution >= 0.6 is 23.5 Å². The molecule has 0 aliphatic rings. The number of anilines is 2. The van der Waals surface area contributed by atoms with E-state index >= 15 is 0 Å². The fourth-order valence-electron chi connectivity index (χ4n) is 4.05. The Hall–Kier alpha value is -3.84. The van der Waals surface area contributed by atoms with Gasteiger partial charge in [0, 0.05) is 32.3 Å². The number of hydrogen-bond acceptors (Lipinski definition) is 6. The third-order valence-electron chi connectivity index (χ3n) is 6.08. The van der Waals surface area contributed by atoms with Crippen LogP contribution in [0.4, 0.5) is 11.4 Å². The summed E-state index contributed by atoms with van der Waals surface area (Å²) >= 11 is 2.36. The van der Waals surface area contributed by atoms with Crippen LogP contribution in [0.3, 0.4) is 0 Å². The van der Waals surface area contributed by atoms with Gasteiger partial charge in [-0.3, -0.25) is 0 Å². The van der Waals surface area contributed by atoms with E-state index in [9.17, 15) is 0 Å². The maximum absolute atomic E-state index is 8.90. The normalized spacial score (nSPS) is 10.1. The molecular formula is C30H28N4S2. The number of thioether (sulfide) groups is 2. The van der Waals surface area contributed by atoms with E-state index in [0.29, 0.717) is 0 Å². The zero-order valence-electron chi connectivity index (χ0n) is 20.8. The summed E-state index contributed by atoms with van der Waals surface area (Å²) in [6, 6.07) is 23.9. The number of aryl methyl sites for hydroxylation is 2. The first-order valence-corrected chi connectivity index (χ1v) is 13.0. The molecule has 0 aromatic heterocycles. The van der Waals surface area contributed by atoms with Crippen molar-refractivity contribution in [1.29, 1.82) is 10.5 Å². The molecule has 0 amide bonds. The van der Waals surface area contributed by atoms with Gasteiger partial charge >= 0.3 is 0 Å². The maximum Gasteiger partial charge on any atom is 0.138 e. The Bertz CT molecular complexity index is 1370. The van der Waals surface area contributed by atoms with E-state index in [-0.39, 0.29) is 0 Å². The van der Waals surface area contributed by atoms with Crippen LogP contribution in [0.2, 0.25) is 0 Å². The first-order valence-electron chi connectivity index (χ1n) is 11.3. The van der Waals surface area contributed by atoms with Crippen molar-refractivity contribution in [2.75, 3.05) is 11.5 Å². The van der Waals surface area contributed by atoms with Crippen LogP contribution in [0.15, 0.2) is 82.6 Å². The highest BCUT2D eigenvalue weighted by Crippen LogP contribution is 2.39. The number of hydrogen-bond donors (Lipinski definition) is 2. The third-order valence-corrected chi connectivity index (χ3v) is 7.38. The van der Waals surface area contributed by atoms with Gasteiger partial charge in [0.15, 0.2) is 0 Å². The van der Waals surface area contributed by atoms with Gasteiger partial charge in [-0.15, -0.1) is 0 Å². The second-order valence-corrected chi connectivity index (χ2v) is 9.98. The summed E-state index contributed by atoms with van der Waals surface area (Å²) in [5, 5.41) is 22.1. The first kappa shape index (κ1) is 26.8. The molecule has 0 fully saturated rings. The molecule has 0 aliphatic carbocycles. The standard InChI is InChI=1S/2C15H14N2S/c2*1-10-5-3-4-6-12(10)15-11(2)13(17)7-8-14(15)18-9-16/h2*3-8H,17H2,1-2H3. The van der Waals surface area contributed by atoms with Gasteiger partial charge in [0.1, 0.15) is 10.8 Å². The summed E-state index contributed by atoms with van der Waals surface area (Å²) in [5.41, 5.74) is 22.3. The molecule has 0 aliphatic heterocycles. The van der Waals surface area contributed by atoms with Gasteiger partial charge in [0.2, 0.25) is 0 Å². The molecule has 4 rings (SSSR count). The van der Waals surface area contributed by atoms with E-state index in [1.54, 1.807) is 0 Å². The van der Waals surface area contributed by atoms with Crippen molar-refractivity contribution in [3.05, 3.63) is 95.1 Å². The van der Waals surface area contributed by atoms with E-state index in [2.05, 4.69) is 48.9 Å². The number of nitrogens with two attached hydrogens (primary N) is 2. The van der Waals surface area contributed by atoms with Crippen molar-refractivity contribution in [3.8, 4) is 33.1 Å². The molecule has 0 atom stereocenters. The fraction of sp³-hybridized carbons (Fsp3) is 0.133. The highest BCUT2D eigenvalue weighted by atomic mass is 32.2. The average molecular weight is 509 g/mol. The van der Waals surface area contributed by atoms with Crippen LogP contribution in [0, 0.1) is 49.0 Å². The van der Waals surface area contributed by atoms with Crippen molar-refractivity contribution in [3.63, 3.8) is 0 Å². The lowest BCUT2D eigenvalue weighted by Gasteiger charge is -2.14. The molecular weight excluding hydrogens is 480 g/mol. The number of nitriles is 2. The van der Waals surface area contributed by atoms with Crippen LogP contribution in [0.5, 0.6) is 0 Å². The topological polar surface area (TPSA) is 99.6 Å². The Morgan fingerprint density at radius 3 is 1.25 bits per heavy atom. The molecule has 0 spiro atoms. The Labute approximate surface area is 222 Å². The molecule has 0 heterocycles. The Morgan fingerprint density at radius 1 is 0.556 bits per heavy atom. The minimum Gasteiger partial charge on any atom is -0.398 e. The van der Waals surface area contributed by atoms with Gasteiger partial charge in [-0.25, -0.2) is 0 Å². The summed E-state index contributed by atoms with van der Waals surface area (Å²) in [4.78, 5) is 1.91. The summed E-state index contributed by atoms with van der Waals surface area (Å²) in [7, 11) is 0. The maximum atomic E-state index is 8.90. The van der Waals surface area contributed by atoms with Crippen molar-refractivity contribution < 1.29 is 0 Å². The fourth-order valence-corrected chi connectivity index (χ4v) is 5.25. The van der Waals surface area contributed by atoms with Crippen LogP contribution in [-0.2, 0) is 0 Å². The lowest BCUT2D eigenvalue weighted by atomic mass is 9.96. The summed E-state index contributed by atoms with van der Waals surface area (Å²) in [5.74, 6) is 0. The van der Waals surface area contributed by atoms with E-state index in [1.165, 1.54) is 34.7 Å². The van der Waals surface area contributed by atoms with Crippen molar-refractivity contribution >= 4 is 34.9 Å². The predicted octanol–water partition coefficient (Wildman–Crippen LogP) is 8.25. The van der Waals surface area contributed by atoms with Gasteiger partial charge in [-0.05, 0) is 109 Å². The SMILES string of the molecule is Cc1ccccc1-c1c(SC#N)ccc(N)c1C.Cc1ccccc1-c1c(SC#N)ccc(N)c1C. The quantitative estimate of drug-likeness (QED) is 0.163. The minimum absolute atomic E-state index is 0.760. The third kappa shape index (κ3) is 5.86. The second kappa shape index (κ2) is 12.2. The number of rotatable bonds is 4. The second-order valence-electron chi connectivity index (χ2n) is 8.32. The Balaban J connectivity index is 0.000000201. The number of nitrogens with zero attached hydrogens (tertiary/aromatic N) is 2. The molecule has 0 radical (unpaired) electrons. The summed E-state index contributed by atoms with van der Waals surface area (Å²) in [6.07, 6.45) is 0. The number of benzene rings is 4. The van der Waals surface area contributed by atoms with Crippen molar-refractivity contribution in [2.45, 2.75) is 37.5 Å². The molecule has 4 aromatic carbocycles. The molecule has 36 heavy (non-hydrogen) atoms. The van der Waals surface area contributed by atoms with Crippen LogP contribution in [-0.4, -0.2) is 0 Å². The summed E-state index contributed by atoms with van der Waals surface area (Å²) in [6.45, 7) is 8.13. The first-order chi connectivity index (χ1) is 17.3. The van der Waals surface area contributed by atoms with E-state index in [0.717, 1.165) is 54.5 Å². The minimum atomic E-state index is 0.760. The molecule has 0 saturated heterocycles. The molecule has 4 aromatic rings. The zero-order valence-corrected chi connectivity index (χ0v) is 22.4. The lowest BCUT2D eigenvalue weighted by Crippen LogP contribution is -1.95. The molecule has 4 nitrogen and oxygen atoms in total. The zero-order chi connectivity index (χ0) is 26.2. The molecule has 180 valence electrons. The van der Waals surface area contributed by atoms with Crippen molar-refractivity contribution in [2.24, 2.45) is 0 Å². The van der Waals surface area contributed by atoms with Crippen molar-refractivity contribution in [1.82, 2.24) is 0 Å². The van der Waals surface area contributed by atoms with Crippen LogP contribution in [0.1, 0.15) is 22.3 Å². The molecule has 6 heteroatoms. The predicted molar refractivity (Wildman–Crippen MR) is 154 cm³/mol. The largest absolute Gasteiger partial charge is 0.398 e. The average Bonchev–Trinajstić information content (AvgIpc) is 2.86. The smallest absolute Gasteiger partial charge is 0.138 e. The van der Waals surface area contributed by atoms with Gasteiger partial charge in [-0.1, -0.05) is 48.5 Å². The van der Waals surface area contributed by atoms with Crippen LogP contribution in [0.25, 0.3) is 22.3 Å². The molecule has 0 unspecified atom stereocenters. The monoisotopic (exact) mass is 508 g/mol. The molecule has 4 N–H and O–H groups in total. The van der Waals surface area contributed by atoms with Gasteiger partial charge in [-0.2, -0.15) is 10.5 Å². The Kier molecular flexibility index (Phi) is 9.08. The highest BCUT2D eigenvalue weighted by molar-refractivity contribution is 8.04. The molecule has 0 saturated carbocycles. The van der Waals surface area contributed by atoms with Gasteiger partial charge in [0.05, 0.1) is 0 Å². The Morgan fingerprint density at radius 2 is 0.917 bits per heavy atom. The highest BCUT2D eigenvalue weighted by Gasteiger charge is 2.14. The summed E-state index contributed by atoms with van der Waals surface area (Å²) < 4.78 is 0. The van der Waals surface area contributed by atoms with E-state index in [4.69, 9.17) is 22.0 Å². The van der Waals surface area contributed by atoms with E-state index in [1.807, 2.05) is 62.4 Å². The number of nitrogen functional groups attached to an aromatic ring is 2. The molecule has 0 bridgehead atoms. The lowest BCUT2D eigenvalue weighted by molar-refractivity contribution is 1.34. The van der Waals surface area contributed by atoms with Crippen LogP contribution < -0.4 is 11.5 Å². The van der Waals surface area contributed by atoms with E-state index < -0.39 is 0 Å². The number of thiocyanates is 2. The van der Waals surface area contributed by atoms with Gasteiger partial charge in [0.25, 0.3) is 0 Å². The van der Waals surface area contributed by atoms with Gasteiger partial charge < -0.3 is 11.5 Å².